The molecular formula is C21H19FN2. The van der Waals surface area contributed by atoms with Crippen LogP contribution in [-0.2, 0) is 0 Å². The topological polar surface area (TPSA) is 16.1 Å². The van der Waals surface area contributed by atoms with E-state index in [9.17, 15) is 4.39 Å². The molecule has 1 heterocycles. The first kappa shape index (κ1) is 15.9. The van der Waals surface area contributed by atoms with E-state index in [1.54, 1.807) is 18.3 Å². The fraction of sp³-hybridized carbons (Fsp3) is 0.0952. The zero-order chi connectivity index (χ0) is 16.9. The molecule has 0 radical (unpaired) electrons. The smallest absolute Gasteiger partial charge is 0.123 e. The van der Waals surface area contributed by atoms with E-state index >= 15 is 0 Å². The van der Waals surface area contributed by atoms with Crippen LogP contribution in [0.5, 0.6) is 0 Å². The Kier molecular flexibility index (Phi) is 4.71. The number of anilines is 1. The van der Waals surface area contributed by atoms with Crippen molar-refractivity contribution in [1.82, 2.24) is 4.98 Å². The lowest BCUT2D eigenvalue weighted by Crippen LogP contribution is -2.07. The molecule has 1 aromatic heterocycles. The van der Waals surface area contributed by atoms with Gasteiger partial charge in [-0.05, 0) is 59.7 Å². The lowest BCUT2D eigenvalue weighted by molar-refractivity contribution is 0.628. The van der Waals surface area contributed by atoms with Crippen molar-refractivity contribution >= 4 is 17.8 Å². The predicted molar refractivity (Wildman–Crippen MR) is 99.3 cm³/mol. The molecular weight excluding hydrogens is 299 g/mol. The van der Waals surface area contributed by atoms with Gasteiger partial charge >= 0.3 is 0 Å². The summed E-state index contributed by atoms with van der Waals surface area (Å²) in [4.78, 5) is 6.44. The normalized spacial score (nSPS) is 11.0. The van der Waals surface area contributed by atoms with Gasteiger partial charge in [-0.2, -0.15) is 0 Å². The number of benzene rings is 2. The van der Waals surface area contributed by atoms with Crippen LogP contribution in [0.3, 0.4) is 0 Å². The second-order valence-corrected chi connectivity index (χ2v) is 5.80. The molecule has 0 amide bonds. The van der Waals surface area contributed by atoms with Gasteiger partial charge < -0.3 is 4.90 Å². The van der Waals surface area contributed by atoms with Crippen LogP contribution in [0.4, 0.5) is 10.1 Å². The molecule has 0 saturated heterocycles. The van der Waals surface area contributed by atoms with Crippen molar-refractivity contribution < 1.29 is 4.39 Å². The average molecular weight is 318 g/mol. The summed E-state index contributed by atoms with van der Waals surface area (Å²) in [6.07, 6.45) is 5.90. The van der Waals surface area contributed by atoms with Crippen molar-refractivity contribution in [3.63, 3.8) is 0 Å². The molecule has 3 heteroatoms. The van der Waals surface area contributed by atoms with Crippen LogP contribution in [0.1, 0.15) is 11.1 Å². The van der Waals surface area contributed by atoms with Gasteiger partial charge in [-0.3, -0.25) is 4.98 Å². The summed E-state index contributed by atoms with van der Waals surface area (Å²) in [5.41, 5.74) is 5.11. The number of hydrogen-bond donors (Lipinski definition) is 0. The van der Waals surface area contributed by atoms with Crippen LogP contribution in [-0.4, -0.2) is 19.1 Å². The number of halogens is 1. The fourth-order valence-corrected chi connectivity index (χ4v) is 2.41. The molecule has 2 nitrogen and oxygen atoms in total. The van der Waals surface area contributed by atoms with E-state index in [0.717, 1.165) is 22.4 Å². The maximum atomic E-state index is 13.0. The second kappa shape index (κ2) is 7.09. The van der Waals surface area contributed by atoms with Crippen molar-refractivity contribution in [2.45, 2.75) is 0 Å². The molecule has 0 aliphatic heterocycles. The molecule has 0 aliphatic rings. The van der Waals surface area contributed by atoms with E-state index in [2.05, 4.69) is 46.3 Å². The first-order valence-corrected chi connectivity index (χ1v) is 7.79. The molecule has 0 spiro atoms. The highest BCUT2D eigenvalue weighted by molar-refractivity contribution is 5.72. The Morgan fingerprint density at radius 3 is 2.17 bits per heavy atom. The third kappa shape index (κ3) is 3.87. The third-order valence-electron chi connectivity index (χ3n) is 3.80. The highest BCUT2D eigenvalue weighted by Gasteiger charge is 2.00. The molecule has 0 bridgehead atoms. The SMILES string of the molecule is CN(C)c1ccc(/C=C/c2ccnc(-c3ccc(F)cc3)c2)cc1. The molecule has 24 heavy (non-hydrogen) atoms. The lowest BCUT2D eigenvalue weighted by Gasteiger charge is -2.11. The molecule has 2 aromatic carbocycles. The van der Waals surface area contributed by atoms with Gasteiger partial charge in [0, 0.05) is 31.5 Å². The van der Waals surface area contributed by atoms with Crippen molar-refractivity contribution in [3.05, 3.63) is 83.8 Å². The molecule has 0 saturated carbocycles. The van der Waals surface area contributed by atoms with Crippen LogP contribution in [0.2, 0.25) is 0 Å². The molecule has 120 valence electrons. The van der Waals surface area contributed by atoms with Crippen molar-refractivity contribution in [1.29, 1.82) is 0 Å². The Morgan fingerprint density at radius 2 is 1.50 bits per heavy atom. The minimum absolute atomic E-state index is 0.240. The lowest BCUT2D eigenvalue weighted by atomic mass is 10.1. The van der Waals surface area contributed by atoms with E-state index < -0.39 is 0 Å². The largest absolute Gasteiger partial charge is 0.378 e. The summed E-state index contributed by atoms with van der Waals surface area (Å²) in [6.45, 7) is 0. The summed E-state index contributed by atoms with van der Waals surface area (Å²) < 4.78 is 13.0. The molecule has 3 aromatic rings. The van der Waals surface area contributed by atoms with Gasteiger partial charge in [-0.15, -0.1) is 0 Å². The van der Waals surface area contributed by atoms with Crippen LogP contribution >= 0.6 is 0 Å². The van der Waals surface area contributed by atoms with Crippen LogP contribution in [0.15, 0.2) is 66.9 Å². The summed E-state index contributed by atoms with van der Waals surface area (Å²) in [5, 5.41) is 0. The highest BCUT2D eigenvalue weighted by atomic mass is 19.1. The molecule has 0 atom stereocenters. The Hall–Kier alpha value is -2.94. The van der Waals surface area contributed by atoms with Gasteiger partial charge in [0.25, 0.3) is 0 Å². The monoisotopic (exact) mass is 318 g/mol. The average Bonchev–Trinajstić information content (AvgIpc) is 2.61. The number of rotatable bonds is 4. The Bertz CT molecular complexity index is 834. The zero-order valence-corrected chi connectivity index (χ0v) is 13.8. The van der Waals surface area contributed by atoms with Gasteiger partial charge in [0.2, 0.25) is 0 Å². The second-order valence-electron chi connectivity index (χ2n) is 5.80. The standard InChI is InChI=1S/C21H19FN2/c1-24(2)20-11-5-16(6-12-20)3-4-17-13-14-23-21(15-17)18-7-9-19(22)10-8-18/h3-15H,1-2H3/b4-3+. The van der Waals surface area contributed by atoms with Crippen molar-refractivity contribution in [2.24, 2.45) is 0 Å². The molecule has 0 fully saturated rings. The number of nitrogens with zero attached hydrogens (tertiary/aromatic N) is 2. The summed E-state index contributed by atoms with van der Waals surface area (Å²) in [6, 6.07) is 18.7. The van der Waals surface area contributed by atoms with Crippen molar-refractivity contribution in [2.75, 3.05) is 19.0 Å². The Labute approximate surface area is 141 Å². The van der Waals surface area contributed by atoms with E-state index in [1.807, 2.05) is 26.2 Å². The van der Waals surface area contributed by atoms with Gasteiger partial charge in [-0.25, -0.2) is 4.39 Å². The summed E-state index contributed by atoms with van der Waals surface area (Å²) in [7, 11) is 4.05. The van der Waals surface area contributed by atoms with Gasteiger partial charge in [-0.1, -0.05) is 24.3 Å². The van der Waals surface area contributed by atoms with Crippen molar-refractivity contribution in [3.8, 4) is 11.3 Å². The zero-order valence-electron chi connectivity index (χ0n) is 13.8. The predicted octanol–water partition coefficient (Wildman–Crippen LogP) is 5.12. The minimum Gasteiger partial charge on any atom is -0.378 e. The third-order valence-corrected chi connectivity index (χ3v) is 3.80. The molecule has 0 unspecified atom stereocenters. The van der Waals surface area contributed by atoms with Gasteiger partial charge in [0.05, 0.1) is 5.69 Å². The molecule has 0 N–H and O–H groups in total. The van der Waals surface area contributed by atoms with Crippen LogP contribution in [0.25, 0.3) is 23.4 Å². The van der Waals surface area contributed by atoms with E-state index in [1.165, 1.54) is 17.8 Å². The summed E-state index contributed by atoms with van der Waals surface area (Å²) in [5.74, 6) is -0.240. The van der Waals surface area contributed by atoms with Gasteiger partial charge in [0.1, 0.15) is 5.82 Å². The Morgan fingerprint density at radius 1 is 0.833 bits per heavy atom. The first-order valence-electron chi connectivity index (χ1n) is 7.79. The highest BCUT2D eigenvalue weighted by Crippen LogP contribution is 2.20. The molecule has 0 aliphatic carbocycles. The summed E-state index contributed by atoms with van der Waals surface area (Å²) >= 11 is 0. The van der Waals surface area contributed by atoms with E-state index in [0.29, 0.717) is 0 Å². The maximum Gasteiger partial charge on any atom is 0.123 e. The van der Waals surface area contributed by atoms with Crippen LogP contribution in [0, 0.1) is 5.82 Å². The van der Waals surface area contributed by atoms with Gasteiger partial charge in [0.15, 0.2) is 0 Å². The van der Waals surface area contributed by atoms with E-state index in [-0.39, 0.29) is 5.82 Å². The van der Waals surface area contributed by atoms with Crippen LogP contribution < -0.4 is 4.90 Å². The van der Waals surface area contributed by atoms with E-state index in [4.69, 9.17) is 0 Å². The first-order chi connectivity index (χ1) is 11.6. The number of aromatic nitrogens is 1. The molecule has 3 rings (SSSR count). The number of hydrogen-bond acceptors (Lipinski definition) is 2. The maximum absolute atomic E-state index is 13.0. The number of pyridine rings is 1. The fourth-order valence-electron chi connectivity index (χ4n) is 2.41. The minimum atomic E-state index is -0.240. The quantitative estimate of drug-likeness (QED) is 0.663. The Balaban J connectivity index is 1.80.